The molecule has 0 aromatic heterocycles. The average molecular weight is 365 g/mol. The molecule has 144 valence electrons. The van der Waals surface area contributed by atoms with E-state index in [9.17, 15) is 0 Å². The maximum atomic E-state index is 5.94. The van der Waals surface area contributed by atoms with E-state index < -0.39 is 0 Å². The van der Waals surface area contributed by atoms with Gasteiger partial charge in [0.15, 0.2) is 11.5 Å². The molecule has 0 spiro atoms. The molecule has 4 aliphatic rings. The molecule has 0 amide bonds. The summed E-state index contributed by atoms with van der Waals surface area (Å²) in [7, 11) is 0. The summed E-state index contributed by atoms with van der Waals surface area (Å²) in [6, 6.07) is 4.57. The summed E-state index contributed by atoms with van der Waals surface area (Å²) in [5, 5.41) is 0. The smallest absolute Gasteiger partial charge is 0.161 e. The fourth-order valence-electron chi connectivity index (χ4n) is 6.66. The third-order valence-electron chi connectivity index (χ3n) is 8.08. The van der Waals surface area contributed by atoms with Crippen molar-refractivity contribution in [1.29, 1.82) is 0 Å². The van der Waals surface area contributed by atoms with Gasteiger partial charge in [-0.15, -0.1) is 0 Å². The van der Waals surface area contributed by atoms with E-state index in [0.29, 0.717) is 19.1 Å². The topological polar surface area (TPSA) is 18.5 Å². The molecule has 4 atom stereocenters. The van der Waals surface area contributed by atoms with Gasteiger partial charge < -0.3 is 9.47 Å². The Hall–Kier alpha value is -1.70. The van der Waals surface area contributed by atoms with Crippen LogP contribution in [-0.2, 0) is 5.41 Å². The minimum absolute atomic E-state index is 0.134. The molecule has 27 heavy (non-hydrogen) atoms. The van der Waals surface area contributed by atoms with E-state index in [1.807, 2.05) is 0 Å². The number of ether oxygens (including phenoxy) is 2. The fraction of sp³-hybridized carbons (Fsp3) is 0.600. The Bertz CT molecular complexity index is 827. The zero-order valence-corrected chi connectivity index (χ0v) is 17.2. The molecule has 3 aliphatic carbocycles. The summed E-state index contributed by atoms with van der Waals surface area (Å²) in [5.41, 5.74) is 6.10. The SMILES string of the molecule is CCC1C(C)CC2C=C3C(=CC21)c1cc2c(cc1C3(CC)CC)OCCO2. The van der Waals surface area contributed by atoms with Gasteiger partial charge in [-0.2, -0.15) is 0 Å². The third kappa shape index (κ3) is 2.25. The van der Waals surface area contributed by atoms with E-state index in [1.165, 1.54) is 29.5 Å². The number of fused-ring (bicyclic) bond motifs is 5. The van der Waals surface area contributed by atoms with Crippen LogP contribution in [0.5, 0.6) is 11.5 Å². The highest BCUT2D eigenvalue weighted by Crippen LogP contribution is 2.60. The fourth-order valence-corrected chi connectivity index (χ4v) is 6.66. The molecule has 1 aromatic rings. The lowest BCUT2D eigenvalue weighted by Gasteiger charge is -2.34. The van der Waals surface area contributed by atoms with Gasteiger partial charge in [-0.1, -0.05) is 46.3 Å². The van der Waals surface area contributed by atoms with Gasteiger partial charge in [-0.3, -0.25) is 0 Å². The molecule has 0 radical (unpaired) electrons. The quantitative estimate of drug-likeness (QED) is 0.640. The number of benzene rings is 1. The van der Waals surface area contributed by atoms with Gasteiger partial charge in [0.05, 0.1) is 0 Å². The van der Waals surface area contributed by atoms with Crippen molar-refractivity contribution in [2.24, 2.45) is 23.7 Å². The monoisotopic (exact) mass is 364 g/mol. The molecular formula is C25H32O2. The van der Waals surface area contributed by atoms with Crippen LogP contribution >= 0.6 is 0 Å². The Kier molecular flexibility index (Phi) is 3.97. The van der Waals surface area contributed by atoms with Crippen molar-refractivity contribution in [2.75, 3.05) is 13.2 Å². The molecule has 1 aromatic carbocycles. The van der Waals surface area contributed by atoms with E-state index in [-0.39, 0.29) is 5.41 Å². The zero-order chi connectivity index (χ0) is 18.8. The largest absolute Gasteiger partial charge is 0.486 e. The first-order chi connectivity index (χ1) is 13.1. The lowest BCUT2D eigenvalue weighted by molar-refractivity contribution is 0.171. The van der Waals surface area contributed by atoms with Gasteiger partial charge in [-0.25, -0.2) is 0 Å². The first-order valence-corrected chi connectivity index (χ1v) is 11.0. The molecule has 2 heteroatoms. The lowest BCUT2D eigenvalue weighted by atomic mass is 9.70. The summed E-state index contributed by atoms with van der Waals surface area (Å²) < 4.78 is 11.9. The van der Waals surface area contributed by atoms with Crippen molar-refractivity contribution in [3.63, 3.8) is 0 Å². The highest BCUT2D eigenvalue weighted by molar-refractivity contribution is 5.92. The van der Waals surface area contributed by atoms with Gasteiger partial charge in [0, 0.05) is 5.41 Å². The second kappa shape index (κ2) is 6.15. The number of hydrogen-bond donors (Lipinski definition) is 0. The minimum atomic E-state index is 0.134. The maximum absolute atomic E-state index is 5.94. The standard InChI is InChI=1S/C25H32O2/c1-5-17-15(4)10-16-11-21-19(12-18(16)17)20-13-23-24(27-9-8-26-23)14-22(20)25(21,6-2)7-3/h11-18H,5-10H2,1-4H3. The Morgan fingerprint density at radius 1 is 1.00 bits per heavy atom. The predicted octanol–water partition coefficient (Wildman–Crippen LogP) is 6.15. The third-order valence-corrected chi connectivity index (χ3v) is 8.08. The summed E-state index contributed by atoms with van der Waals surface area (Å²) in [6.07, 6.45) is 10.3. The molecular weight excluding hydrogens is 332 g/mol. The Morgan fingerprint density at radius 2 is 1.70 bits per heavy atom. The van der Waals surface area contributed by atoms with E-state index >= 15 is 0 Å². The van der Waals surface area contributed by atoms with Crippen LogP contribution in [0.2, 0.25) is 0 Å². The lowest BCUT2D eigenvalue weighted by Crippen LogP contribution is -2.26. The second-order valence-electron chi connectivity index (χ2n) is 9.02. The van der Waals surface area contributed by atoms with Crippen LogP contribution in [0.3, 0.4) is 0 Å². The zero-order valence-electron chi connectivity index (χ0n) is 17.2. The number of allylic oxidation sites excluding steroid dienone is 4. The Balaban J connectivity index is 1.71. The molecule has 0 saturated heterocycles. The molecule has 2 nitrogen and oxygen atoms in total. The van der Waals surface area contributed by atoms with Crippen LogP contribution in [0, 0.1) is 23.7 Å². The van der Waals surface area contributed by atoms with Crippen LogP contribution in [0.15, 0.2) is 29.9 Å². The van der Waals surface area contributed by atoms with Crippen LogP contribution in [0.4, 0.5) is 0 Å². The number of rotatable bonds is 3. The molecule has 1 fully saturated rings. The maximum Gasteiger partial charge on any atom is 0.161 e. The van der Waals surface area contributed by atoms with Crippen molar-refractivity contribution in [2.45, 2.75) is 58.8 Å². The molecule has 1 aliphatic heterocycles. The van der Waals surface area contributed by atoms with Crippen molar-refractivity contribution in [3.05, 3.63) is 41.0 Å². The van der Waals surface area contributed by atoms with Crippen molar-refractivity contribution < 1.29 is 9.47 Å². The van der Waals surface area contributed by atoms with Gasteiger partial charge >= 0.3 is 0 Å². The van der Waals surface area contributed by atoms with Crippen LogP contribution in [0.1, 0.15) is 64.5 Å². The van der Waals surface area contributed by atoms with Crippen molar-refractivity contribution in [3.8, 4) is 11.5 Å². The van der Waals surface area contributed by atoms with Gasteiger partial charge in [-0.05, 0) is 77.3 Å². The average Bonchev–Trinajstić information content (AvgIpc) is 3.15. The number of hydrogen-bond acceptors (Lipinski definition) is 2. The van der Waals surface area contributed by atoms with E-state index in [4.69, 9.17) is 9.47 Å². The van der Waals surface area contributed by atoms with E-state index in [1.54, 1.807) is 5.57 Å². The molecule has 4 unspecified atom stereocenters. The highest BCUT2D eigenvalue weighted by atomic mass is 16.6. The van der Waals surface area contributed by atoms with E-state index in [0.717, 1.165) is 42.1 Å². The first kappa shape index (κ1) is 17.4. The van der Waals surface area contributed by atoms with Crippen LogP contribution in [0.25, 0.3) is 5.57 Å². The molecule has 5 rings (SSSR count). The highest BCUT2D eigenvalue weighted by Gasteiger charge is 2.49. The summed E-state index contributed by atoms with van der Waals surface area (Å²) >= 11 is 0. The van der Waals surface area contributed by atoms with Crippen molar-refractivity contribution in [1.82, 2.24) is 0 Å². The first-order valence-electron chi connectivity index (χ1n) is 11.0. The summed E-state index contributed by atoms with van der Waals surface area (Å²) in [6.45, 7) is 10.8. The Morgan fingerprint density at radius 3 is 2.37 bits per heavy atom. The summed E-state index contributed by atoms with van der Waals surface area (Å²) in [4.78, 5) is 0. The van der Waals surface area contributed by atoms with Crippen LogP contribution in [-0.4, -0.2) is 13.2 Å². The van der Waals surface area contributed by atoms with Crippen LogP contribution < -0.4 is 9.47 Å². The van der Waals surface area contributed by atoms with Gasteiger partial charge in [0.2, 0.25) is 0 Å². The van der Waals surface area contributed by atoms with Crippen molar-refractivity contribution >= 4 is 5.57 Å². The van der Waals surface area contributed by atoms with E-state index in [2.05, 4.69) is 52.0 Å². The normalized spacial score (nSPS) is 32.3. The Labute approximate surface area is 163 Å². The molecule has 1 saturated carbocycles. The predicted molar refractivity (Wildman–Crippen MR) is 110 cm³/mol. The summed E-state index contributed by atoms with van der Waals surface area (Å²) in [5.74, 6) is 4.93. The molecule has 1 heterocycles. The minimum Gasteiger partial charge on any atom is -0.486 e. The molecule has 0 N–H and O–H groups in total. The van der Waals surface area contributed by atoms with Gasteiger partial charge in [0.25, 0.3) is 0 Å². The second-order valence-corrected chi connectivity index (χ2v) is 9.02. The van der Waals surface area contributed by atoms with Gasteiger partial charge in [0.1, 0.15) is 13.2 Å². The molecule has 0 bridgehead atoms.